The molecule has 0 heterocycles. The Hall–Kier alpha value is -1.37. The summed E-state index contributed by atoms with van der Waals surface area (Å²) in [6.07, 6.45) is -0.0215. The van der Waals surface area contributed by atoms with Crippen LogP contribution >= 0.6 is 0 Å². The zero-order valence-electron chi connectivity index (χ0n) is 11.6. The third-order valence-electron chi connectivity index (χ3n) is 3.39. The molecule has 0 amide bonds. The first-order chi connectivity index (χ1) is 8.45. The first-order valence-electron chi connectivity index (χ1n) is 6.28. The van der Waals surface area contributed by atoms with Gasteiger partial charge in [0.2, 0.25) is 0 Å². The van der Waals surface area contributed by atoms with Crippen LogP contribution in [0, 0.1) is 25.2 Å². The van der Waals surface area contributed by atoms with Gasteiger partial charge in [-0.3, -0.25) is 4.90 Å². The van der Waals surface area contributed by atoms with Crippen LogP contribution in [0.2, 0.25) is 0 Å². The third kappa shape index (κ3) is 3.83. The molecule has 0 radical (unpaired) electrons. The number of aryl methyl sites for hydroxylation is 2. The number of hydrogen-bond acceptors (Lipinski definition) is 3. The average molecular weight is 246 g/mol. The summed E-state index contributed by atoms with van der Waals surface area (Å²) in [6.45, 7) is 6.58. The van der Waals surface area contributed by atoms with Gasteiger partial charge in [0, 0.05) is 12.6 Å². The van der Waals surface area contributed by atoms with E-state index < -0.39 is 6.10 Å². The van der Waals surface area contributed by atoms with E-state index in [1.165, 1.54) is 0 Å². The van der Waals surface area contributed by atoms with E-state index in [1.807, 2.05) is 50.9 Å². The Balaban J connectivity index is 2.73. The Kier molecular flexibility index (Phi) is 5.33. The van der Waals surface area contributed by atoms with Gasteiger partial charge in [0.15, 0.2) is 0 Å². The second kappa shape index (κ2) is 6.53. The van der Waals surface area contributed by atoms with E-state index >= 15 is 0 Å². The summed E-state index contributed by atoms with van der Waals surface area (Å²) in [5, 5.41) is 19.0. The quantitative estimate of drug-likeness (QED) is 0.868. The number of likely N-dealkylation sites (N-methyl/N-ethyl adjacent to an activating group) is 1. The van der Waals surface area contributed by atoms with E-state index in [9.17, 15) is 5.11 Å². The normalized spacial score (nSPS) is 14.3. The van der Waals surface area contributed by atoms with Gasteiger partial charge in [-0.05, 0) is 38.9 Å². The lowest BCUT2D eigenvalue weighted by Crippen LogP contribution is -2.32. The fourth-order valence-corrected chi connectivity index (χ4v) is 1.96. The van der Waals surface area contributed by atoms with Crippen LogP contribution in [-0.4, -0.2) is 29.6 Å². The van der Waals surface area contributed by atoms with Crippen molar-refractivity contribution in [2.45, 2.75) is 39.3 Å². The number of nitrogens with zero attached hydrogens (tertiary/aromatic N) is 2. The van der Waals surface area contributed by atoms with Crippen LogP contribution in [0.5, 0.6) is 0 Å². The molecular formula is C15H22N2O. The maximum Gasteiger partial charge on any atom is 0.0919 e. The molecule has 1 rings (SSSR count). The predicted octanol–water partition coefficient (Wildman–Crippen LogP) is 2.57. The van der Waals surface area contributed by atoms with Crippen LogP contribution in [0.3, 0.4) is 0 Å². The SMILES string of the molecule is Cc1ccc(C)c(C(O)CN(C)C(C)CC#N)c1. The topological polar surface area (TPSA) is 47.3 Å². The van der Waals surface area contributed by atoms with Crippen molar-refractivity contribution in [1.82, 2.24) is 4.90 Å². The van der Waals surface area contributed by atoms with Gasteiger partial charge >= 0.3 is 0 Å². The molecule has 98 valence electrons. The van der Waals surface area contributed by atoms with Crippen LogP contribution in [-0.2, 0) is 0 Å². The Morgan fingerprint density at radius 1 is 1.39 bits per heavy atom. The molecule has 0 spiro atoms. The number of aliphatic hydroxyl groups is 1. The van der Waals surface area contributed by atoms with E-state index in [-0.39, 0.29) is 6.04 Å². The zero-order chi connectivity index (χ0) is 13.7. The van der Waals surface area contributed by atoms with Gasteiger partial charge < -0.3 is 5.11 Å². The predicted molar refractivity (Wildman–Crippen MR) is 73.2 cm³/mol. The minimum absolute atomic E-state index is 0.162. The maximum atomic E-state index is 10.3. The summed E-state index contributed by atoms with van der Waals surface area (Å²) >= 11 is 0. The average Bonchev–Trinajstić information content (AvgIpc) is 2.32. The highest BCUT2D eigenvalue weighted by molar-refractivity contribution is 5.32. The molecule has 1 aromatic carbocycles. The Bertz CT molecular complexity index is 437. The van der Waals surface area contributed by atoms with Gasteiger partial charge in [-0.2, -0.15) is 5.26 Å². The minimum atomic E-state index is -0.504. The van der Waals surface area contributed by atoms with Gasteiger partial charge in [0.1, 0.15) is 0 Å². The van der Waals surface area contributed by atoms with Crippen molar-refractivity contribution in [3.05, 3.63) is 34.9 Å². The highest BCUT2D eigenvalue weighted by atomic mass is 16.3. The van der Waals surface area contributed by atoms with E-state index in [4.69, 9.17) is 5.26 Å². The van der Waals surface area contributed by atoms with Gasteiger partial charge in [-0.15, -0.1) is 0 Å². The van der Waals surface area contributed by atoms with Crippen molar-refractivity contribution >= 4 is 0 Å². The first-order valence-corrected chi connectivity index (χ1v) is 6.28. The fourth-order valence-electron chi connectivity index (χ4n) is 1.96. The summed E-state index contributed by atoms with van der Waals surface area (Å²) < 4.78 is 0. The van der Waals surface area contributed by atoms with Crippen LogP contribution in [0.15, 0.2) is 18.2 Å². The second-order valence-corrected chi connectivity index (χ2v) is 5.03. The van der Waals surface area contributed by atoms with Gasteiger partial charge in [0.25, 0.3) is 0 Å². The minimum Gasteiger partial charge on any atom is -0.387 e. The molecule has 0 aliphatic carbocycles. The van der Waals surface area contributed by atoms with Crippen molar-refractivity contribution < 1.29 is 5.11 Å². The summed E-state index contributed by atoms with van der Waals surface area (Å²) in [6, 6.07) is 8.43. The second-order valence-electron chi connectivity index (χ2n) is 5.03. The lowest BCUT2D eigenvalue weighted by Gasteiger charge is -2.26. The summed E-state index contributed by atoms with van der Waals surface area (Å²) in [7, 11) is 1.94. The molecule has 18 heavy (non-hydrogen) atoms. The standard InChI is InChI=1S/C15H22N2O/c1-11-5-6-12(2)14(9-11)15(18)10-17(4)13(3)7-8-16/h5-6,9,13,15,18H,7,10H2,1-4H3. The molecule has 0 saturated carbocycles. The van der Waals surface area contributed by atoms with Crippen LogP contribution in [0.1, 0.15) is 36.1 Å². The lowest BCUT2D eigenvalue weighted by molar-refractivity contribution is 0.109. The smallest absolute Gasteiger partial charge is 0.0919 e. The molecule has 0 fully saturated rings. The van der Waals surface area contributed by atoms with E-state index in [0.717, 1.165) is 16.7 Å². The molecule has 0 saturated heterocycles. The largest absolute Gasteiger partial charge is 0.387 e. The molecule has 0 aliphatic rings. The summed E-state index contributed by atoms with van der Waals surface area (Å²) in [4.78, 5) is 2.02. The van der Waals surface area contributed by atoms with E-state index in [0.29, 0.717) is 13.0 Å². The van der Waals surface area contributed by atoms with Crippen molar-refractivity contribution in [3.63, 3.8) is 0 Å². The third-order valence-corrected chi connectivity index (χ3v) is 3.39. The molecule has 3 heteroatoms. The van der Waals surface area contributed by atoms with Crippen LogP contribution in [0.4, 0.5) is 0 Å². The van der Waals surface area contributed by atoms with Crippen molar-refractivity contribution in [2.24, 2.45) is 0 Å². The van der Waals surface area contributed by atoms with E-state index in [2.05, 4.69) is 6.07 Å². The fraction of sp³-hybridized carbons (Fsp3) is 0.533. The molecule has 2 unspecified atom stereocenters. The number of nitriles is 1. The molecule has 0 aromatic heterocycles. The van der Waals surface area contributed by atoms with Gasteiger partial charge in [-0.25, -0.2) is 0 Å². The zero-order valence-corrected chi connectivity index (χ0v) is 11.6. The van der Waals surface area contributed by atoms with E-state index in [1.54, 1.807) is 0 Å². The molecule has 2 atom stereocenters. The Labute approximate surface area is 110 Å². The number of benzene rings is 1. The summed E-state index contributed by atoms with van der Waals surface area (Å²) in [5.41, 5.74) is 3.24. The Morgan fingerprint density at radius 3 is 2.67 bits per heavy atom. The van der Waals surface area contributed by atoms with Crippen molar-refractivity contribution in [3.8, 4) is 6.07 Å². The number of rotatable bonds is 5. The molecule has 1 aromatic rings. The highest BCUT2D eigenvalue weighted by Crippen LogP contribution is 2.20. The number of aliphatic hydroxyl groups excluding tert-OH is 1. The molecule has 1 N–H and O–H groups in total. The molecule has 0 aliphatic heterocycles. The summed E-state index contributed by atoms with van der Waals surface area (Å²) in [5.74, 6) is 0. The van der Waals surface area contributed by atoms with Crippen LogP contribution in [0.25, 0.3) is 0 Å². The lowest BCUT2D eigenvalue weighted by atomic mass is 10.00. The molecule has 3 nitrogen and oxygen atoms in total. The molecule has 0 bridgehead atoms. The monoisotopic (exact) mass is 246 g/mol. The van der Waals surface area contributed by atoms with Gasteiger partial charge in [0.05, 0.1) is 18.6 Å². The van der Waals surface area contributed by atoms with Crippen LogP contribution < -0.4 is 0 Å². The maximum absolute atomic E-state index is 10.3. The highest BCUT2D eigenvalue weighted by Gasteiger charge is 2.16. The first kappa shape index (κ1) is 14.7. The molecular weight excluding hydrogens is 224 g/mol. The number of hydrogen-bond donors (Lipinski definition) is 1. The van der Waals surface area contributed by atoms with Crippen molar-refractivity contribution in [2.75, 3.05) is 13.6 Å². The Morgan fingerprint density at radius 2 is 2.06 bits per heavy atom. The van der Waals surface area contributed by atoms with Crippen molar-refractivity contribution in [1.29, 1.82) is 5.26 Å². The van der Waals surface area contributed by atoms with Gasteiger partial charge in [-0.1, -0.05) is 23.8 Å².